The van der Waals surface area contributed by atoms with Crippen LogP contribution >= 0.6 is 0 Å². The lowest BCUT2D eigenvalue weighted by Crippen LogP contribution is -2.24. The fourth-order valence-electron chi connectivity index (χ4n) is 0.905. The summed E-state index contributed by atoms with van der Waals surface area (Å²) in [6.07, 6.45) is -4.37. The van der Waals surface area contributed by atoms with E-state index in [2.05, 4.69) is 11.9 Å². The zero-order valence-electron chi connectivity index (χ0n) is 7.43. The van der Waals surface area contributed by atoms with Crippen molar-refractivity contribution in [3.05, 3.63) is 48.2 Å². The quantitative estimate of drug-likeness (QED) is 0.792. The van der Waals surface area contributed by atoms with E-state index >= 15 is 0 Å². The molecule has 1 aromatic rings. The van der Waals surface area contributed by atoms with E-state index in [9.17, 15) is 13.2 Å². The molecule has 0 unspecified atom stereocenters. The maximum atomic E-state index is 12.0. The number of halogens is 3. The summed E-state index contributed by atoms with van der Waals surface area (Å²) >= 11 is 0. The fraction of sp³-hybridized carbons (Fsp3) is 0.200. The van der Waals surface area contributed by atoms with Crippen molar-refractivity contribution in [2.45, 2.75) is 12.7 Å². The van der Waals surface area contributed by atoms with Crippen molar-refractivity contribution in [1.82, 2.24) is 5.32 Å². The lowest BCUT2D eigenvalue weighted by Gasteiger charge is -2.12. The van der Waals surface area contributed by atoms with Crippen LogP contribution < -0.4 is 5.32 Å². The maximum absolute atomic E-state index is 12.0. The molecule has 1 nitrogen and oxygen atoms in total. The van der Waals surface area contributed by atoms with Crippen LogP contribution in [0.5, 0.6) is 0 Å². The zero-order valence-corrected chi connectivity index (χ0v) is 7.43. The van der Waals surface area contributed by atoms with E-state index in [-0.39, 0.29) is 6.54 Å². The number of nitrogens with one attached hydrogen (secondary N) is 1. The molecule has 0 aliphatic rings. The molecule has 0 amide bonds. The highest BCUT2D eigenvalue weighted by Gasteiger charge is 2.31. The summed E-state index contributed by atoms with van der Waals surface area (Å²) in [4.78, 5) is 0. The summed E-state index contributed by atoms with van der Waals surface area (Å²) in [5, 5.41) is 2.22. The Kier molecular flexibility index (Phi) is 3.17. The SMILES string of the molecule is C=C(NCc1ccccc1)C(F)(F)F. The van der Waals surface area contributed by atoms with Gasteiger partial charge in [-0.15, -0.1) is 0 Å². The van der Waals surface area contributed by atoms with Crippen LogP contribution in [-0.2, 0) is 6.54 Å². The Morgan fingerprint density at radius 3 is 2.29 bits per heavy atom. The Hall–Kier alpha value is -1.45. The van der Waals surface area contributed by atoms with E-state index in [1.54, 1.807) is 24.3 Å². The predicted octanol–water partition coefficient (Wildman–Crippen LogP) is 2.85. The fourth-order valence-corrected chi connectivity index (χ4v) is 0.905. The van der Waals surface area contributed by atoms with Crippen LogP contribution in [0.3, 0.4) is 0 Å². The molecule has 14 heavy (non-hydrogen) atoms. The van der Waals surface area contributed by atoms with Gasteiger partial charge in [0.15, 0.2) is 0 Å². The van der Waals surface area contributed by atoms with Gasteiger partial charge < -0.3 is 5.32 Å². The van der Waals surface area contributed by atoms with E-state index in [1.807, 2.05) is 6.07 Å². The predicted molar refractivity (Wildman–Crippen MR) is 48.5 cm³/mol. The molecule has 0 aliphatic carbocycles. The van der Waals surface area contributed by atoms with Gasteiger partial charge in [-0.05, 0) is 5.56 Å². The van der Waals surface area contributed by atoms with Crippen molar-refractivity contribution in [2.75, 3.05) is 0 Å². The number of alkyl halides is 3. The van der Waals surface area contributed by atoms with Gasteiger partial charge in [-0.2, -0.15) is 13.2 Å². The first kappa shape index (κ1) is 10.6. The third kappa shape index (κ3) is 3.12. The van der Waals surface area contributed by atoms with Crippen LogP contribution in [0.25, 0.3) is 0 Å². The van der Waals surface area contributed by atoms with Crippen LogP contribution in [0.4, 0.5) is 13.2 Å². The molecular weight excluding hydrogens is 191 g/mol. The summed E-state index contributed by atoms with van der Waals surface area (Å²) in [6, 6.07) is 8.84. The second-order valence-corrected chi connectivity index (χ2v) is 2.82. The third-order valence-electron chi connectivity index (χ3n) is 1.69. The molecule has 76 valence electrons. The molecule has 0 spiro atoms. The number of rotatable bonds is 3. The smallest absolute Gasteiger partial charge is 0.377 e. The summed E-state index contributed by atoms with van der Waals surface area (Å²) < 4.78 is 36.0. The normalized spacial score (nSPS) is 11.1. The summed E-state index contributed by atoms with van der Waals surface area (Å²) in [5.41, 5.74) is -0.126. The molecule has 0 aliphatic heterocycles. The standard InChI is InChI=1S/C10H10F3N/c1-8(10(11,12)13)14-7-9-5-3-2-4-6-9/h2-6,14H,1,7H2. The Balaban J connectivity index is 2.46. The minimum absolute atomic E-state index is 0.138. The molecule has 4 heteroatoms. The minimum atomic E-state index is -4.37. The zero-order chi connectivity index (χ0) is 10.6. The van der Waals surface area contributed by atoms with Crippen molar-refractivity contribution in [2.24, 2.45) is 0 Å². The van der Waals surface area contributed by atoms with Crippen molar-refractivity contribution < 1.29 is 13.2 Å². The number of hydrogen-bond donors (Lipinski definition) is 1. The molecule has 0 aromatic heterocycles. The van der Waals surface area contributed by atoms with Gasteiger partial charge >= 0.3 is 6.18 Å². The molecule has 1 rings (SSSR count). The lowest BCUT2D eigenvalue weighted by molar-refractivity contribution is -0.0964. The van der Waals surface area contributed by atoms with E-state index in [4.69, 9.17) is 0 Å². The van der Waals surface area contributed by atoms with E-state index < -0.39 is 11.9 Å². The highest BCUT2D eigenvalue weighted by atomic mass is 19.4. The van der Waals surface area contributed by atoms with Crippen LogP contribution in [-0.4, -0.2) is 6.18 Å². The first-order valence-electron chi connectivity index (χ1n) is 4.04. The Morgan fingerprint density at radius 2 is 1.79 bits per heavy atom. The Morgan fingerprint density at radius 1 is 1.21 bits per heavy atom. The van der Waals surface area contributed by atoms with Gasteiger partial charge in [0.25, 0.3) is 0 Å². The molecule has 0 fully saturated rings. The molecule has 1 N–H and O–H groups in total. The van der Waals surface area contributed by atoms with Gasteiger partial charge in [0.2, 0.25) is 0 Å². The molecule has 0 heterocycles. The van der Waals surface area contributed by atoms with Crippen LogP contribution in [0.1, 0.15) is 5.56 Å². The molecule has 0 saturated heterocycles. The van der Waals surface area contributed by atoms with Gasteiger partial charge in [-0.3, -0.25) is 0 Å². The number of allylic oxidation sites excluding steroid dienone is 1. The Labute approximate surface area is 80.2 Å². The highest BCUT2D eigenvalue weighted by molar-refractivity contribution is 5.15. The van der Waals surface area contributed by atoms with Gasteiger partial charge in [-0.1, -0.05) is 36.9 Å². The molecule has 0 saturated carbocycles. The summed E-state index contributed by atoms with van der Waals surface area (Å²) in [7, 11) is 0. The van der Waals surface area contributed by atoms with Gasteiger partial charge in [-0.25, -0.2) is 0 Å². The van der Waals surface area contributed by atoms with Crippen molar-refractivity contribution in [1.29, 1.82) is 0 Å². The summed E-state index contributed by atoms with van der Waals surface area (Å²) in [6.45, 7) is 3.04. The van der Waals surface area contributed by atoms with Gasteiger partial charge in [0.1, 0.15) is 5.70 Å². The van der Waals surface area contributed by atoms with Crippen molar-refractivity contribution >= 4 is 0 Å². The van der Waals surface area contributed by atoms with E-state index in [1.165, 1.54) is 0 Å². The van der Waals surface area contributed by atoms with Gasteiger partial charge in [0.05, 0.1) is 0 Å². The molecule has 1 aromatic carbocycles. The molecule has 0 radical (unpaired) electrons. The van der Waals surface area contributed by atoms with Crippen LogP contribution in [0, 0.1) is 0 Å². The average Bonchev–Trinajstić information content (AvgIpc) is 2.14. The van der Waals surface area contributed by atoms with Crippen LogP contribution in [0.15, 0.2) is 42.6 Å². The van der Waals surface area contributed by atoms with Crippen LogP contribution in [0.2, 0.25) is 0 Å². The lowest BCUT2D eigenvalue weighted by atomic mass is 10.2. The van der Waals surface area contributed by atoms with Crippen molar-refractivity contribution in [3.8, 4) is 0 Å². The first-order valence-corrected chi connectivity index (χ1v) is 4.04. The van der Waals surface area contributed by atoms with Crippen molar-refractivity contribution in [3.63, 3.8) is 0 Å². The van der Waals surface area contributed by atoms with E-state index in [0.29, 0.717) is 0 Å². The molecule has 0 bridgehead atoms. The van der Waals surface area contributed by atoms with E-state index in [0.717, 1.165) is 5.56 Å². The minimum Gasteiger partial charge on any atom is -0.377 e. The number of hydrogen-bond acceptors (Lipinski definition) is 1. The second kappa shape index (κ2) is 4.17. The highest BCUT2D eigenvalue weighted by Crippen LogP contribution is 2.21. The largest absolute Gasteiger partial charge is 0.430 e. The summed E-state index contributed by atoms with van der Waals surface area (Å²) in [5.74, 6) is 0. The average molecular weight is 201 g/mol. The molecule has 0 atom stereocenters. The topological polar surface area (TPSA) is 12.0 Å². The monoisotopic (exact) mass is 201 g/mol. The van der Waals surface area contributed by atoms with Gasteiger partial charge in [0, 0.05) is 6.54 Å². The molecular formula is C10H10F3N. The third-order valence-corrected chi connectivity index (χ3v) is 1.69. The second-order valence-electron chi connectivity index (χ2n) is 2.82. The number of benzene rings is 1. The Bertz CT molecular complexity index is 303. The maximum Gasteiger partial charge on any atom is 0.430 e. The first-order chi connectivity index (χ1) is 6.50.